The minimum Gasteiger partial charge on any atom is -0.312 e. The summed E-state index contributed by atoms with van der Waals surface area (Å²) in [5, 5.41) is 3.73. The number of benzene rings is 1. The molecule has 0 heterocycles. The lowest BCUT2D eigenvalue weighted by Crippen LogP contribution is -2.60. The first-order chi connectivity index (χ1) is 10.0. The average molecular weight is 355 g/mol. The molecule has 2 unspecified atom stereocenters. The van der Waals surface area contributed by atoms with E-state index in [0.29, 0.717) is 6.04 Å². The predicted molar refractivity (Wildman–Crippen MR) is 96.9 cm³/mol. The molecule has 0 spiro atoms. The number of rotatable bonds is 9. The molecule has 0 saturated heterocycles. The Kier molecular flexibility index (Phi) is 7.93. The van der Waals surface area contributed by atoms with Crippen LogP contribution in [-0.4, -0.2) is 36.1 Å². The molecule has 1 aromatic rings. The van der Waals surface area contributed by atoms with Crippen molar-refractivity contribution in [3.63, 3.8) is 0 Å². The second-order valence-electron chi connectivity index (χ2n) is 5.82. The van der Waals surface area contributed by atoms with Gasteiger partial charge in [-0.3, -0.25) is 4.90 Å². The van der Waals surface area contributed by atoms with E-state index in [0.717, 1.165) is 36.9 Å². The van der Waals surface area contributed by atoms with Gasteiger partial charge in [-0.2, -0.15) is 0 Å². The standard InChI is InChI=1S/C18H31BrN2/c1-6-18(5,21(8-3)9-4)17(20-7-2)14-15-10-12-16(19)13-11-15/h10-13,17,20H,6-9,14H2,1-5H3. The highest BCUT2D eigenvalue weighted by Crippen LogP contribution is 2.26. The van der Waals surface area contributed by atoms with Crippen molar-refractivity contribution in [2.24, 2.45) is 0 Å². The maximum Gasteiger partial charge on any atom is 0.0334 e. The van der Waals surface area contributed by atoms with E-state index in [4.69, 9.17) is 0 Å². The van der Waals surface area contributed by atoms with Crippen LogP contribution in [0.15, 0.2) is 28.7 Å². The number of hydrogen-bond acceptors (Lipinski definition) is 2. The Morgan fingerprint density at radius 3 is 2.10 bits per heavy atom. The molecule has 0 fully saturated rings. The second-order valence-corrected chi connectivity index (χ2v) is 6.74. The molecule has 3 heteroatoms. The molecule has 1 rings (SSSR count). The molecule has 0 aromatic heterocycles. The van der Waals surface area contributed by atoms with Gasteiger partial charge in [0, 0.05) is 16.1 Å². The summed E-state index contributed by atoms with van der Waals surface area (Å²) in [5.74, 6) is 0. The van der Waals surface area contributed by atoms with Crippen LogP contribution < -0.4 is 5.32 Å². The van der Waals surface area contributed by atoms with E-state index < -0.39 is 0 Å². The van der Waals surface area contributed by atoms with Crippen molar-refractivity contribution in [2.75, 3.05) is 19.6 Å². The zero-order valence-electron chi connectivity index (χ0n) is 14.2. The van der Waals surface area contributed by atoms with Crippen LogP contribution in [-0.2, 0) is 6.42 Å². The van der Waals surface area contributed by atoms with E-state index in [-0.39, 0.29) is 5.54 Å². The van der Waals surface area contributed by atoms with Gasteiger partial charge in [0.15, 0.2) is 0 Å². The van der Waals surface area contributed by atoms with Gasteiger partial charge in [0.1, 0.15) is 0 Å². The Labute approximate surface area is 139 Å². The van der Waals surface area contributed by atoms with Crippen LogP contribution in [0.4, 0.5) is 0 Å². The zero-order chi connectivity index (χ0) is 15.9. The molecule has 21 heavy (non-hydrogen) atoms. The molecule has 0 aliphatic rings. The monoisotopic (exact) mass is 354 g/mol. The summed E-state index contributed by atoms with van der Waals surface area (Å²) in [5.41, 5.74) is 1.59. The van der Waals surface area contributed by atoms with E-state index in [2.05, 4.69) is 85.0 Å². The first-order valence-corrected chi connectivity index (χ1v) is 9.03. The highest BCUT2D eigenvalue weighted by Gasteiger charge is 2.36. The summed E-state index contributed by atoms with van der Waals surface area (Å²) in [6, 6.07) is 9.20. The average Bonchev–Trinajstić information content (AvgIpc) is 2.49. The van der Waals surface area contributed by atoms with Gasteiger partial charge in [-0.15, -0.1) is 0 Å². The summed E-state index contributed by atoms with van der Waals surface area (Å²) in [4.78, 5) is 2.60. The van der Waals surface area contributed by atoms with Crippen LogP contribution in [0.25, 0.3) is 0 Å². The maximum atomic E-state index is 3.73. The lowest BCUT2D eigenvalue weighted by Gasteiger charge is -2.46. The third kappa shape index (κ3) is 4.80. The normalized spacial score (nSPS) is 16.0. The molecule has 0 saturated carbocycles. The van der Waals surface area contributed by atoms with Crippen molar-refractivity contribution in [3.8, 4) is 0 Å². The molecule has 1 aromatic carbocycles. The molecule has 0 radical (unpaired) electrons. The minimum atomic E-state index is 0.187. The lowest BCUT2D eigenvalue weighted by atomic mass is 9.83. The largest absolute Gasteiger partial charge is 0.312 e. The molecular formula is C18H31BrN2. The number of halogens is 1. The van der Waals surface area contributed by atoms with Gasteiger partial charge in [-0.25, -0.2) is 0 Å². The van der Waals surface area contributed by atoms with Crippen molar-refractivity contribution in [1.82, 2.24) is 10.2 Å². The van der Waals surface area contributed by atoms with Crippen molar-refractivity contribution >= 4 is 15.9 Å². The Hall–Kier alpha value is -0.380. The molecule has 1 N–H and O–H groups in total. The van der Waals surface area contributed by atoms with Crippen LogP contribution in [0.2, 0.25) is 0 Å². The van der Waals surface area contributed by atoms with Crippen LogP contribution in [0.3, 0.4) is 0 Å². The predicted octanol–water partition coefficient (Wildman–Crippen LogP) is 4.48. The van der Waals surface area contributed by atoms with Gasteiger partial charge in [0.2, 0.25) is 0 Å². The first-order valence-electron chi connectivity index (χ1n) is 8.24. The third-order valence-electron chi connectivity index (χ3n) is 4.76. The van der Waals surface area contributed by atoms with Crippen molar-refractivity contribution < 1.29 is 0 Å². The Balaban J connectivity index is 2.99. The van der Waals surface area contributed by atoms with Gasteiger partial charge >= 0.3 is 0 Å². The fourth-order valence-corrected chi connectivity index (χ4v) is 3.52. The summed E-state index contributed by atoms with van der Waals surface area (Å²) in [7, 11) is 0. The second kappa shape index (κ2) is 8.92. The van der Waals surface area contributed by atoms with Gasteiger partial charge in [-0.05, 0) is 57.1 Å². The fraction of sp³-hybridized carbons (Fsp3) is 0.667. The first kappa shape index (κ1) is 18.7. The van der Waals surface area contributed by atoms with Gasteiger partial charge in [0.05, 0.1) is 0 Å². The Morgan fingerprint density at radius 2 is 1.67 bits per heavy atom. The van der Waals surface area contributed by atoms with Gasteiger partial charge < -0.3 is 5.32 Å². The Morgan fingerprint density at radius 1 is 1.10 bits per heavy atom. The molecule has 120 valence electrons. The molecular weight excluding hydrogens is 324 g/mol. The lowest BCUT2D eigenvalue weighted by molar-refractivity contribution is 0.0707. The summed E-state index contributed by atoms with van der Waals surface area (Å²) < 4.78 is 1.15. The van der Waals surface area contributed by atoms with Crippen molar-refractivity contribution in [3.05, 3.63) is 34.3 Å². The fourth-order valence-electron chi connectivity index (χ4n) is 3.25. The zero-order valence-corrected chi connectivity index (χ0v) is 15.8. The summed E-state index contributed by atoms with van der Waals surface area (Å²) >= 11 is 3.52. The molecule has 0 amide bonds. The summed E-state index contributed by atoms with van der Waals surface area (Å²) in [6.45, 7) is 14.7. The highest BCUT2D eigenvalue weighted by molar-refractivity contribution is 9.10. The smallest absolute Gasteiger partial charge is 0.0334 e. The number of likely N-dealkylation sites (N-methyl/N-ethyl adjacent to an activating group) is 2. The number of nitrogens with zero attached hydrogens (tertiary/aromatic N) is 1. The maximum absolute atomic E-state index is 3.73. The van der Waals surface area contributed by atoms with Gasteiger partial charge in [-0.1, -0.05) is 55.8 Å². The SMILES string of the molecule is CCNC(Cc1ccc(Br)cc1)C(C)(CC)N(CC)CC. The van der Waals surface area contributed by atoms with E-state index in [1.54, 1.807) is 0 Å². The number of nitrogens with one attached hydrogen (secondary N) is 1. The summed E-state index contributed by atoms with van der Waals surface area (Å²) in [6.07, 6.45) is 2.23. The number of hydrogen-bond donors (Lipinski definition) is 1. The van der Waals surface area contributed by atoms with Crippen LogP contribution in [0.5, 0.6) is 0 Å². The molecule has 0 aliphatic carbocycles. The quantitative estimate of drug-likeness (QED) is 0.703. The molecule has 2 atom stereocenters. The highest BCUT2D eigenvalue weighted by atomic mass is 79.9. The molecule has 0 bridgehead atoms. The topological polar surface area (TPSA) is 15.3 Å². The van der Waals surface area contributed by atoms with E-state index >= 15 is 0 Å². The van der Waals surface area contributed by atoms with E-state index in [1.807, 2.05) is 0 Å². The minimum absolute atomic E-state index is 0.187. The van der Waals surface area contributed by atoms with E-state index in [9.17, 15) is 0 Å². The van der Waals surface area contributed by atoms with E-state index in [1.165, 1.54) is 5.56 Å². The van der Waals surface area contributed by atoms with Crippen molar-refractivity contribution in [1.29, 1.82) is 0 Å². The molecule has 2 nitrogen and oxygen atoms in total. The van der Waals surface area contributed by atoms with Crippen LogP contribution in [0.1, 0.15) is 46.6 Å². The van der Waals surface area contributed by atoms with Crippen LogP contribution in [0, 0.1) is 0 Å². The van der Waals surface area contributed by atoms with Gasteiger partial charge in [0.25, 0.3) is 0 Å². The van der Waals surface area contributed by atoms with Crippen LogP contribution >= 0.6 is 15.9 Å². The molecule has 0 aliphatic heterocycles. The Bertz CT molecular complexity index is 400. The van der Waals surface area contributed by atoms with Crippen molar-refractivity contribution in [2.45, 2.75) is 59.0 Å². The third-order valence-corrected chi connectivity index (χ3v) is 5.28.